The van der Waals surface area contributed by atoms with Crippen LogP contribution in [0.4, 0.5) is 4.39 Å². The Labute approximate surface area is 145 Å². The molecule has 1 N–H and O–H groups in total. The summed E-state index contributed by atoms with van der Waals surface area (Å²) >= 11 is 0. The van der Waals surface area contributed by atoms with Gasteiger partial charge in [-0.05, 0) is 30.7 Å². The van der Waals surface area contributed by atoms with Crippen LogP contribution in [-0.2, 0) is 4.79 Å². The van der Waals surface area contributed by atoms with Gasteiger partial charge in [-0.2, -0.15) is 5.10 Å². The van der Waals surface area contributed by atoms with E-state index in [2.05, 4.69) is 15.1 Å². The quantitative estimate of drug-likeness (QED) is 0.837. The molecule has 25 heavy (non-hydrogen) atoms. The van der Waals surface area contributed by atoms with E-state index in [1.165, 1.54) is 12.1 Å². The second kappa shape index (κ2) is 7.57. The average molecular weight is 344 g/mol. The van der Waals surface area contributed by atoms with Crippen LogP contribution >= 0.6 is 0 Å². The van der Waals surface area contributed by atoms with Gasteiger partial charge in [-0.25, -0.2) is 4.39 Å². The maximum atomic E-state index is 13.0. The van der Waals surface area contributed by atoms with Gasteiger partial charge in [0, 0.05) is 32.7 Å². The van der Waals surface area contributed by atoms with Crippen molar-refractivity contribution in [2.45, 2.75) is 12.8 Å². The van der Waals surface area contributed by atoms with Gasteiger partial charge in [0.1, 0.15) is 17.8 Å². The average Bonchev–Trinajstić information content (AvgIpc) is 3.07. The Morgan fingerprint density at radius 2 is 1.96 bits per heavy atom. The van der Waals surface area contributed by atoms with E-state index in [-0.39, 0.29) is 17.6 Å². The molecule has 7 heteroatoms. The van der Waals surface area contributed by atoms with E-state index >= 15 is 0 Å². The minimum absolute atomic E-state index is 0.0503. The number of nitrogens with zero attached hydrogens (tertiary/aromatic N) is 3. The van der Waals surface area contributed by atoms with Gasteiger partial charge in [0.05, 0.1) is 11.6 Å². The van der Waals surface area contributed by atoms with Gasteiger partial charge in [0.25, 0.3) is 5.91 Å². The number of piperazine rings is 1. The zero-order chi connectivity index (χ0) is 17.8. The van der Waals surface area contributed by atoms with Crippen molar-refractivity contribution >= 4 is 12.2 Å². The fourth-order valence-electron chi connectivity index (χ4n) is 3.05. The Morgan fingerprint density at radius 1 is 1.28 bits per heavy atom. The van der Waals surface area contributed by atoms with Gasteiger partial charge in [0.15, 0.2) is 0 Å². The van der Waals surface area contributed by atoms with Crippen molar-refractivity contribution in [3.63, 3.8) is 0 Å². The zero-order valence-electron chi connectivity index (χ0n) is 14.1. The van der Waals surface area contributed by atoms with Gasteiger partial charge >= 0.3 is 0 Å². The molecule has 132 valence electrons. The fraction of sp³-hybridized carbons (Fsp3) is 0.389. The molecule has 2 aromatic rings. The second-order valence-electron chi connectivity index (χ2n) is 6.31. The zero-order valence-corrected chi connectivity index (χ0v) is 14.1. The second-order valence-corrected chi connectivity index (χ2v) is 6.31. The third-order valence-corrected chi connectivity index (χ3v) is 4.51. The van der Waals surface area contributed by atoms with Crippen LogP contribution in [0.25, 0.3) is 0 Å². The lowest BCUT2D eigenvalue weighted by Gasteiger charge is -2.35. The molecule has 1 aliphatic rings. The number of aromatic nitrogens is 2. The van der Waals surface area contributed by atoms with Crippen molar-refractivity contribution in [3.05, 3.63) is 53.1 Å². The number of benzene rings is 1. The molecule has 0 aliphatic carbocycles. The smallest absolute Gasteiger partial charge is 0.271 e. The van der Waals surface area contributed by atoms with Crippen LogP contribution in [0.1, 0.15) is 27.7 Å². The van der Waals surface area contributed by atoms with E-state index in [1.54, 1.807) is 23.1 Å². The number of carbonyl (C=O) groups excluding carboxylic acids is 2. The van der Waals surface area contributed by atoms with Crippen molar-refractivity contribution < 1.29 is 14.0 Å². The normalized spacial score (nSPS) is 16.6. The summed E-state index contributed by atoms with van der Waals surface area (Å²) in [6, 6.07) is 7.78. The Kier molecular flexibility index (Phi) is 5.23. The molecule has 1 amide bonds. The molecule has 2 heterocycles. The van der Waals surface area contributed by atoms with Crippen molar-refractivity contribution in [1.29, 1.82) is 0 Å². The number of H-pyrrole nitrogens is 1. The van der Waals surface area contributed by atoms with Crippen molar-refractivity contribution in [2.75, 3.05) is 32.7 Å². The van der Waals surface area contributed by atoms with E-state index in [4.69, 9.17) is 0 Å². The van der Waals surface area contributed by atoms with Gasteiger partial charge in [-0.3, -0.25) is 14.8 Å². The summed E-state index contributed by atoms with van der Waals surface area (Å²) in [6.45, 7) is 5.01. The third-order valence-electron chi connectivity index (χ3n) is 4.51. The highest BCUT2D eigenvalue weighted by molar-refractivity contribution is 5.92. The van der Waals surface area contributed by atoms with Crippen LogP contribution in [-0.4, -0.2) is 64.9 Å². The number of aldehydes is 1. The number of amides is 1. The summed E-state index contributed by atoms with van der Waals surface area (Å²) in [7, 11) is 0. The molecular weight excluding hydrogens is 323 g/mol. The maximum absolute atomic E-state index is 13.0. The highest BCUT2D eigenvalue weighted by Gasteiger charge is 2.25. The molecule has 1 unspecified atom stereocenters. The summed E-state index contributed by atoms with van der Waals surface area (Å²) in [5, 5.41) is 6.74. The molecular formula is C18H21FN4O2. The molecule has 0 radical (unpaired) electrons. The molecule has 6 nitrogen and oxygen atoms in total. The van der Waals surface area contributed by atoms with Gasteiger partial charge in [-0.1, -0.05) is 12.1 Å². The lowest BCUT2D eigenvalue weighted by molar-refractivity contribution is -0.109. The fourth-order valence-corrected chi connectivity index (χ4v) is 3.05. The van der Waals surface area contributed by atoms with Crippen molar-refractivity contribution in [3.8, 4) is 0 Å². The summed E-state index contributed by atoms with van der Waals surface area (Å²) in [6.07, 6.45) is 0.901. The Balaban J connectivity index is 1.55. The number of nitrogens with one attached hydrogen (secondary N) is 1. The topological polar surface area (TPSA) is 69.3 Å². The number of rotatable bonds is 5. The van der Waals surface area contributed by atoms with Crippen molar-refractivity contribution in [2.24, 2.45) is 0 Å². The van der Waals surface area contributed by atoms with E-state index in [0.29, 0.717) is 38.4 Å². The van der Waals surface area contributed by atoms with E-state index in [1.807, 2.05) is 6.92 Å². The van der Waals surface area contributed by atoms with Crippen LogP contribution < -0.4 is 0 Å². The molecule has 1 aromatic carbocycles. The predicted molar refractivity (Wildman–Crippen MR) is 90.9 cm³/mol. The highest BCUT2D eigenvalue weighted by Crippen LogP contribution is 2.17. The molecule has 3 rings (SSSR count). The molecule has 1 aliphatic heterocycles. The Morgan fingerprint density at radius 3 is 2.52 bits per heavy atom. The molecule has 0 saturated carbocycles. The van der Waals surface area contributed by atoms with Gasteiger partial charge in [0.2, 0.25) is 0 Å². The monoisotopic (exact) mass is 344 g/mol. The lowest BCUT2D eigenvalue weighted by atomic mass is 9.99. The van der Waals surface area contributed by atoms with E-state index in [9.17, 15) is 14.0 Å². The van der Waals surface area contributed by atoms with Crippen LogP contribution in [0.3, 0.4) is 0 Å². The molecule has 1 saturated heterocycles. The molecule has 0 bridgehead atoms. The number of hydrogen-bond acceptors (Lipinski definition) is 4. The lowest BCUT2D eigenvalue weighted by Crippen LogP contribution is -2.49. The van der Waals surface area contributed by atoms with Gasteiger partial charge < -0.3 is 9.69 Å². The Bertz CT molecular complexity index is 736. The van der Waals surface area contributed by atoms with E-state index < -0.39 is 0 Å². The first-order chi connectivity index (χ1) is 12.1. The summed E-state index contributed by atoms with van der Waals surface area (Å²) < 4.78 is 13.0. The minimum Gasteiger partial charge on any atom is -0.335 e. The summed E-state index contributed by atoms with van der Waals surface area (Å²) in [5.41, 5.74) is 2.10. The first-order valence-corrected chi connectivity index (χ1v) is 8.31. The first-order valence-electron chi connectivity index (χ1n) is 8.31. The summed E-state index contributed by atoms with van der Waals surface area (Å²) in [4.78, 5) is 27.8. The Hall–Kier alpha value is -2.54. The largest absolute Gasteiger partial charge is 0.335 e. The highest BCUT2D eigenvalue weighted by atomic mass is 19.1. The number of halogens is 1. The molecule has 0 spiro atoms. The molecule has 1 aromatic heterocycles. The van der Waals surface area contributed by atoms with Crippen LogP contribution in [0.15, 0.2) is 30.3 Å². The SMILES string of the molecule is Cc1cc(C(=O)N2CCN(CC(C=O)c3ccc(F)cc3)CC2)[nH]n1. The minimum atomic E-state index is -0.311. The van der Waals surface area contributed by atoms with Gasteiger partial charge in [-0.15, -0.1) is 0 Å². The number of carbonyl (C=O) groups is 2. The molecule has 1 atom stereocenters. The van der Waals surface area contributed by atoms with Crippen LogP contribution in [0.2, 0.25) is 0 Å². The van der Waals surface area contributed by atoms with Crippen LogP contribution in [0.5, 0.6) is 0 Å². The predicted octanol–water partition coefficient (Wildman–Crippen LogP) is 1.60. The third kappa shape index (κ3) is 4.11. The van der Waals surface area contributed by atoms with Crippen LogP contribution in [0, 0.1) is 12.7 Å². The van der Waals surface area contributed by atoms with E-state index in [0.717, 1.165) is 17.5 Å². The van der Waals surface area contributed by atoms with Crippen molar-refractivity contribution in [1.82, 2.24) is 20.0 Å². The number of aryl methyl sites for hydroxylation is 1. The summed E-state index contributed by atoms with van der Waals surface area (Å²) in [5.74, 6) is -0.654. The maximum Gasteiger partial charge on any atom is 0.271 e. The number of aromatic amines is 1. The first kappa shape index (κ1) is 17.3. The standard InChI is InChI=1S/C18H21FN4O2/c1-13-10-17(21-20-13)18(25)23-8-6-22(7-9-23)11-15(12-24)14-2-4-16(19)5-3-14/h2-5,10,12,15H,6-9,11H2,1H3,(H,20,21). The number of hydrogen-bond donors (Lipinski definition) is 1. The molecule has 1 fully saturated rings.